The van der Waals surface area contributed by atoms with Crippen LogP contribution in [0.4, 0.5) is 11.4 Å². The summed E-state index contributed by atoms with van der Waals surface area (Å²) in [5.74, 6) is -0.108. The Morgan fingerprint density at radius 2 is 2.25 bits per heavy atom. The minimum absolute atomic E-state index is 0.108. The van der Waals surface area contributed by atoms with E-state index in [1.807, 2.05) is 31.2 Å². The van der Waals surface area contributed by atoms with Gasteiger partial charge in [0.2, 0.25) is 0 Å². The fourth-order valence-corrected chi connectivity index (χ4v) is 2.49. The number of carbonyl (C=O) groups is 1. The van der Waals surface area contributed by atoms with Gasteiger partial charge in [0.15, 0.2) is 0 Å². The SMILES string of the molecule is Cc1cc(NC(=O)c2ccc3c(c2)CCN3)cnc1Br. The Hall–Kier alpha value is -1.88. The van der Waals surface area contributed by atoms with E-state index in [-0.39, 0.29) is 5.91 Å². The van der Waals surface area contributed by atoms with Gasteiger partial charge in [0.1, 0.15) is 4.60 Å². The second-order valence-corrected chi connectivity index (χ2v) is 5.59. The number of rotatable bonds is 2. The van der Waals surface area contributed by atoms with Gasteiger partial charge in [-0.2, -0.15) is 0 Å². The van der Waals surface area contributed by atoms with E-state index in [2.05, 4.69) is 31.5 Å². The predicted octanol–water partition coefficient (Wildman–Crippen LogP) is 3.37. The molecule has 2 N–H and O–H groups in total. The Labute approximate surface area is 125 Å². The van der Waals surface area contributed by atoms with Gasteiger partial charge >= 0.3 is 0 Å². The molecule has 1 aliphatic rings. The van der Waals surface area contributed by atoms with Crippen LogP contribution in [0.2, 0.25) is 0 Å². The van der Waals surface area contributed by atoms with E-state index in [1.165, 1.54) is 5.56 Å². The van der Waals surface area contributed by atoms with Crippen molar-refractivity contribution >= 4 is 33.2 Å². The molecule has 2 aromatic rings. The lowest BCUT2D eigenvalue weighted by atomic mass is 10.1. The van der Waals surface area contributed by atoms with Crippen LogP contribution in [0.1, 0.15) is 21.5 Å². The van der Waals surface area contributed by atoms with Gasteiger partial charge < -0.3 is 10.6 Å². The van der Waals surface area contributed by atoms with Gasteiger partial charge in [-0.25, -0.2) is 4.98 Å². The maximum Gasteiger partial charge on any atom is 0.255 e. The minimum Gasteiger partial charge on any atom is -0.384 e. The number of carbonyl (C=O) groups excluding carboxylic acids is 1. The van der Waals surface area contributed by atoms with Crippen LogP contribution in [0.3, 0.4) is 0 Å². The lowest BCUT2D eigenvalue weighted by Gasteiger charge is -2.08. The number of nitrogens with one attached hydrogen (secondary N) is 2. The number of halogens is 1. The summed E-state index contributed by atoms with van der Waals surface area (Å²) in [5, 5.41) is 6.16. The minimum atomic E-state index is -0.108. The summed E-state index contributed by atoms with van der Waals surface area (Å²) in [5.41, 5.74) is 4.69. The highest BCUT2D eigenvalue weighted by Crippen LogP contribution is 2.24. The molecule has 102 valence electrons. The normalized spacial score (nSPS) is 12.7. The summed E-state index contributed by atoms with van der Waals surface area (Å²) >= 11 is 3.34. The van der Waals surface area contributed by atoms with Gasteiger partial charge in [-0.15, -0.1) is 0 Å². The first-order chi connectivity index (χ1) is 9.63. The molecule has 0 bridgehead atoms. The molecule has 5 heteroatoms. The summed E-state index contributed by atoms with van der Waals surface area (Å²) < 4.78 is 0.791. The smallest absolute Gasteiger partial charge is 0.255 e. The third-order valence-electron chi connectivity index (χ3n) is 3.35. The van der Waals surface area contributed by atoms with Gasteiger partial charge in [0, 0.05) is 17.8 Å². The van der Waals surface area contributed by atoms with Crippen LogP contribution in [0.5, 0.6) is 0 Å². The largest absolute Gasteiger partial charge is 0.384 e. The van der Waals surface area contributed by atoms with Gasteiger partial charge in [0.05, 0.1) is 11.9 Å². The lowest BCUT2D eigenvalue weighted by molar-refractivity contribution is 0.102. The maximum absolute atomic E-state index is 12.2. The highest BCUT2D eigenvalue weighted by atomic mass is 79.9. The van der Waals surface area contributed by atoms with Crippen molar-refractivity contribution in [2.45, 2.75) is 13.3 Å². The highest BCUT2D eigenvalue weighted by molar-refractivity contribution is 9.10. The average molecular weight is 332 g/mol. The Kier molecular flexibility index (Phi) is 3.44. The molecule has 0 radical (unpaired) electrons. The van der Waals surface area contributed by atoms with Crippen molar-refractivity contribution in [1.29, 1.82) is 0 Å². The summed E-state index contributed by atoms with van der Waals surface area (Å²) in [4.78, 5) is 16.4. The number of nitrogens with zero attached hydrogens (tertiary/aromatic N) is 1. The van der Waals surface area contributed by atoms with Crippen LogP contribution in [-0.4, -0.2) is 17.4 Å². The van der Waals surface area contributed by atoms with E-state index < -0.39 is 0 Å². The number of anilines is 2. The molecule has 0 aliphatic carbocycles. The molecule has 0 spiro atoms. The molecule has 1 aliphatic heterocycles. The molecule has 0 fully saturated rings. The molecular weight excluding hydrogens is 318 g/mol. The monoisotopic (exact) mass is 331 g/mol. The summed E-state index contributed by atoms with van der Waals surface area (Å²) in [6.45, 7) is 2.88. The van der Waals surface area contributed by atoms with E-state index in [1.54, 1.807) is 6.20 Å². The molecule has 20 heavy (non-hydrogen) atoms. The van der Waals surface area contributed by atoms with Gasteiger partial charge in [-0.1, -0.05) is 0 Å². The Morgan fingerprint density at radius 1 is 1.40 bits per heavy atom. The van der Waals surface area contributed by atoms with Crippen molar-refractivity contribution < 1.29 is 4.79 Å². The van der Waals surface area contributed by atoms with Crippen molar-refractivity contribution in [2.75, 3.05) is 17.2 Å². The van der Waals surface area contributed by atoms with E-state index >= 15 is 0 Å². The highest BCUT2D eigenvalue weighted by Gasteiger charge is 2.13. The number of benzene rings is 1. The molecule has 4 nitrogen and oxygen atoms in total. The number of aryl methyl sites for hydroxylation is 1. The van der Waals surface area contributed by atoms with Crippen molar-refractivity contribution in [3.63, 3.8) is 0 Å². The zero-order valence-electron chi connectivity index (χ0n) is 11.0. The van der Waals surface area contributed by atoms with Crippen LogP contribution >= 0.6 is 15.9 Å². The molecule has 1 amide bonds. The molecule has 3 rings (SSSR count). The molecular formula is C15H14BrN3O. The first-order valence-electron chi connectivity index (χ1n) is 6.44. The van der Waals surface area contributed by atoms with Gasteiger partial charge in [-0.05, 0) is 64.7 Å². The van der Waals surface area contributed by atoms with Crippen LogP contribution in [0.25, 0.3) is 0 Å². The Balaban J connectivity index is 1.80. The molecule has 0 unspecified atom stereocenters. The second-order valence-electron chi connectivity index (χ2n) is 4.83. The Bertz CT molecular complexity index is 685. The predicted molar refractivity (Wildman–Crippen MR) is 83.3 cm³/mol. The van der Waals surface area contributed by atoms with E-state index in [0.717, 1.165) is 28.8 Å². The van der Waals surface area contributed by atoms with Crippen molar-refractivity contribution in [2.24, 2.45) is 0 Å². The molecule has 1 aromatic carbocycles. The Morgan fingerprint density at radius 3 is 3.05 bits per heavy atom. The van der Waals surface area contributed by atoms with E-state index in [9.17, 15) is 4.79 Å². The average Bonchev–Trinajstić information content (AvgIpc) is 2.90. The molecule has 0 saturated carbocycles. The number of hydrogen-bond donors (Lipinski definition) is 2. The molecule has 0 saturated heterocycles. The number of fused-ring (bicyclic) bond motifs is 1. The zero-order valence-corrected chi connectivity index (χ0v) is 12.6. The third-order valence-corrected chi connectivity index (χ3v) is 4.18. The molecule has 0 atom stereocenters. The fourth-order valence-electron chi connectivity index (χ4n) is 2.28. The maximum atomic E-state index is 12.2. The third kappa shape index (κ3) is 2.54. The summed E-state index contributed by atoms with van der Waals surface area (Å²) in [6.07, 6.45) is 2.61. The fraction of sp³-hybridized carbons (Fsp3) is 0.200. The number of amides is 1. The van der Waals surface area contributed by atoms with Crippen molar-refractivity contribution in [3.05, 3.63) is 51.8 Å². The standard InChI is InChI=1S/C15H14BrN3O/c1-9-6-12(8-18-14(9)16)19-15(20)11-2-3-13-10(7-11)4-5-17-13/h2-3,6-8,17H,4-5H2,1H3,(H,19,20). The number of hydrogen-bond acceptors (Lipinski definition) is 3. The van der Waals surface area contributed by atoms with Crippen LogP contribution < -0.4 is 10.6 Å². The van der Waals surface area contributed by atoms with E-state index in [4.69, 9.17) is 0 Å². The van der Waals surface area contributed by atoms with Crippen LogP contribution in [0.15, 0.2) is 35.1 Å². The van der Waals surface area contributed by atoms with Gasteiger partial charge in [-0.3, -0.25) is 4.79 Å². The van der Waals surface area contributed by atoms with Crippen molar-refractivity contribution in [1.82, 2.24) is 4.98 Å². The summed E-state index contributed by atoms with van der Waals surface area (Å²) in [6, 6.07) is 7.64. The first-order valence-corrected chi connectivity index (χ1v) is 7.23. The topological polar surface area (TPSA) is 54.0 Å². The quantitative estimate of drug-likeness (QED) is 0.829. The zero-order chi connectivity index (χ0) is 14.1. The molecule has 1 aromatic heterocycles. The van der Waals surface area contributed by atoms with Crippen LogP contribution in [-0.2, 0) is 6.42 Å². The van der Waals surface area contributed by atoms with Gasteiger partial charge in [0.25, 0.3) is 5.91 Å². The van der Waals surface area contributed by atoms with Crippen LogP contribution in [0, 0.1) is 6.92 Å². The van der Waals surface area contributed by atoms with Crippen molar-refractivity contribution in [3.8, 4) is 0 Å². The van der Waals surface area contributed by atoms with E-state index in [0.29, 0.717) is 11.3 Å². The number of aromatic nitrogens is 1. The number of pyridine rings is 1. The first kappa shape index (κ1) is 13.1. The summed E-state index contributed by atoms with van der Waals surface area (Å²) in [7, 11) is 0. The lowest BCUT2D eigenvalue weighted by Crippen LogP contribution is -2.12. The molecule has 2 heterocycles. The second kappa shape index (κ2) is 5.25.